The first-order valence-electron chi connectivity index (χ1n) is 13.9. The van der Waals surface area contributed by atoms with Crippen LogP contribution in [-0.2, 0) is 12.6 Å². The molecule has 4 aromatic rings. The zero-order chi connectivity index (χ0) is 29.4. The minimum absolute atomic E-state index is 0.0523. The van der Waals surface area contributed by atoms with E-state index in [1.807, 2.05) is 38.1 Å². The quantitative estimate of drug-likeness (QED) is 0.254. The number of fused-ring (bicyclic) bond motifs is 2. The van der Waals surface area contributed by atoms with Gasteiger partial charge in [-0.1, -0.05) is 6.07 Å². The first-order chi connectivity index (χ1) is 20.2. The zero-order valence-electron chi connectivity index (χ0n) is 23.2. The maximum atomic E-state index is 13.9. The van der Waals surface area contributed by atoms with Gasteiger partial charge in [0, 0.05) is 18.4 Å². The van der Waals surface area contributed by atoms with E-state index < -0.39 is 23.7 Å². The van der Waals surface area contributed by atoms with Crippen molar-refractivity contribution in [2.45, 2.75) is 51.4 Å². The van der Waals surface area contributed by atoms with Crippen LogP contribution in [0.4, 0.5) is 23.7 Å². The van der Waals surface area contributed by atoms with E-state index in [1.54, 1.807) is 17.2 Å². The number of H-pyrrole nitrogens is 1. The third-order valence-corrected chi connectivity index (χ3v) is 7.74. The van der Waals surface area contributed by atoms with Crippen LogP contribution >= 0.6 is 0 Å². The number of anilines is 1. The summed E-state index contributed by atoms with van der Waals surface area (Å²) in [6.45, 7) is 5.58. The SMILES string of the molecule is Cc1cc2c(Oc3ccc4c(c3)[C@H](C)N(C(=O)Nc3cnc(OC5CCNCC5)c(C(F)(F)F)c3)CC4)ccnc2[nH]1. The Morgan fingerprint density at radius 3 is 2.71 bits per heavy atom. The van der Waals surface area contributed by atoms with Crippen molar-refractivity contribution in [2.75, 3.05) is 25.0 Å². The summed E-state index contributed by atoms with van der Waals surface area (Å²) in [6.07, 6.45) is -0.376. The van der Waals surface area contributed by atoms with E-state index in [9.17, 15) is 18.0 Å². The lowest BCUT2D eigenvalue weighted by molar-refractivity contribution is -0.139. The van der Waals surface area contributed by atoms with Crippen LogP contribution in [0.5, 0.6) is 17.4 Å². The molecule has 0 spiro atoms. The normalized spacial score (nSPS) is 17.6. The van der Waals surface area contributed by atoms with Gasteiger partial charge in [0.25, 0.3) is 0 Å². The number of carbonyl (C=O) groups is 1. The number of piperidine rings is 1. The molecule has 6 rings (SSSR count). The number of nitrogens with zero attached hydrogens (tertiary/aromatic N) is 3. The Kier molecular flexibility index (Phi) is 7.40. The summed E-state index contributed by atoms with van der Waals surface area (Å²) in [4.78, 5) is 26.4. The van der Waals surface area contributed by atoms with Gasteiger partial charge in [0.15, 0.2) is 0 Å². The van der Waals surface area contributed by atoms with Crippen LogP contribution in [0.15, 0.2) is 48.8 Å². The highest BCUT2D eigenvalue weighted by molar-refractivity contribution is 5.90. The Labute approximate surface area is 240 Å². The van der Waals surface area contributed by atoms with Crippen LogP contribution in [0.1, 0.15) is 48.2 Å². The van der Waals surface area contributed by atoms with E-state index in [2.05, 4.69) is 25.6 Å². The second kappa shape index (κ2) is 11.2. The van der Waals surface area contributed by atoms with Crippen LogP contribution in [-0.4, -0.2) is 51.6 Å². The van der Waals surface area contributed by atoms with E-state index in [1.165, 1.54) is 6.20 Å². The summed E-state index contributed by atoms with van der Waals surface area (Å²) >= 11 is 0. The predicted molar refractivity (Wildman–Crippen MR) is 151 cm³/mol. The van der Waals surface area contributed by atoms with Crippen molar-refractivity contribution in [1.82, 2.24) is 25.2 Å². The van der Waals surface area contributed by atoms with E-state index in [4.69, 9.17) is 9.47 Å². The summed E-state index contributed by atoms with van der Waals surface area (Å²) in [5.74, 6) is 0.793. The molecular weight excluding hydrogens is 549 g/mol. The molecule has 0 bridgehead atoms. The molecule has 1 saturated heterocycles. The minimum Gasteiger partial charge on any atom is -0.474 e. The van der Waals surface area contributed by atoms with Crippen LogP contribution < -0.4 is 20.1 Å². The molecule has 3 N–H and O–H groups in total. The molecule has 1 atom stereocenters. The average molecular weight is 581 g/mol. The highest BCUT2D eigenvalue weighted by atomic mass is 19.4. The fourth-order valence-corrected chi connectivity index (χ4v) is 5.57. The number of hydrogen-bond donors (Lipinski definition) is 3. The third kappa shape index (κ3) is 5.71. The lowest BCUT2D eigenvalue weighted by atomic mass is 9.93. The van der Waals surface area contributed by atoms with E-state index >= 15 is 0 Å². The van der Waals surface area contributed by atoms with Crippen molar-refractivity contribution < 1.29 is 27.4 Å². The monoisotopic (exact) mass is 580 g/mol. The Balaban J connectivity index is 1.19. The highest BCUT2D eigenvalue weighted by Crippen LogP contribution is 2.38. The van der Waals surface area contributed by atoms with Gasteiger partial charge in [-0.05, 0) is 87.7 Å². The summed E-state index contributed by atoms with van der Waals surface area (Å²) < 4.78 is 53.6. The molecular formula is C30H31F3N6O3. The minimum atomic E-state index is -4.69. The molecule has 5 heterocycles. The Bertz CT molecular complexity index is 1620. The Morgan fingerprint density at radius 2 is 1.93 bits per heavy atom. The number of alkyl halides is 3. The van der Waals surface area contributed by atoms with Gasteiger partial charge in [0.05, 0.1) is 23.3 Å². The van der Waals surface area contributed by atoms with Gasteiger partial charge in [0.1, 0.15) is 28.8 Å². The van der Waals surface area contributed by atoms with Gasteiger partial charge in [-0.2, -0.15) is 13.2 Å². The van der Waals surface area contributed by atoms with Gasteiger partial charge >= 0.3 is 12.2 Å². The van der Waals surface area contributed by atoms with Crippen molar-refractivity contribution in [1.29, 1.82) is 0 Å². The van der Waals surface area contributed by atoms with Crippen molar-refractivity contribution >= 4 is 22.8 Å². The summed E-state index contributed by atoms with van der Waals surface area (Å²) in [6, 6.07) is 9.57. The Hall–Kier alpha value is -4.32. The summed E-state index contributed by atoms with van der Waals surface area (Å²) in [5.41, 5.74) is 2.62. The van der Waals surface area contributed by atoms with E-state index in [0.717, 1.165) is 33.9 Å². The van der Waals surface area contributed by atoms with Gasteiger partial charge in [-0.15, -0.1) is 0 Å². The molecule has 12 heteroatoms. The van der Waals surface area contributed by atoms with Crippen molar-refractivity contribution in [3.05, 3.63) is 71.2 Å². The fourth-order valence-electron chi connectivity index (χ4n) is 5.57. The molecule has 2 aliphatic rings. The van der Waals surface area contributed by atoms with Crippen LogP contribution in [0.3, 0.4) is 0 Å². The second-order valence-corrected chi connectivity index (χ2v) is 10.7. The second-order valence-electron chi connectivity index (χ2n) is 10.7. The lowest BCUT2D eigenvalue weighted by Crippen LogP contribution is -2.41. The largest absolute Gasteiger partial charge is 0.474 e. The van der Waals surface area contributed by atoms with Crippen LogP contribution in [0.25, 0.3) is 11.0 Å². The highest BCUT2D eigenvalue weighted by Gasteiger charge is 2.37. The predicted octanol–water partition coefficient (Wildman–Crippen LogP) is 6.36. The third-order valence-electron chi connectivity index (χ3n) is 7.74. The van der Waals surface area contributed by atoms with Gasteiger partial charge < -0.3 is 30.0 Å². The maximum absolute atomic E-state index is 13.9. The number of nitrogens with one attached hydrogen (secondary N) is 3. The summed E-state index contributed by atoms with van der Waals surface area (Å²) in [7, 11) is 0. The van der Waals surface area contributed by atoms with Gasteiger partial charge in [0.2, 0.25) is 5.88 Å². The average Bonchev–Trinajstić information content (AvgIpc) is 3.35. The molecule has 2 aliphatic heterocycles. The van der Waals surface area contributed by atoms with Crippen molar-refractivity contribution in [3.63, 3.8) is 0 Å². The van der Waals surface area contributed by atoms with Gasteiger partial charge in [-0.25, -0.2) is 14.8 Å². The molecule has 42 heavy (non-hydrogen) atoms. The fraction of sp³-hybridized carbons (Fsp3) is 0.367. The van der Waals surface area contributed by atoms with Crippen LogP contribution in [0, 0.1) is 6.92 Å². The molecule has 1 fully saturated rings. The number of benzene rings is 1. The lowest BCUT2D eigenvalue weighted by Gasteiger charge is -2.35. The zero-order valence-corrected chi connectivity index (χ0v) is 23.2. The Morgan fingerprint density at radius 1 is 1.12 bits per heavy atom. The smallest absolute Gasteiger partial charge is 0.421 e. The molecule has 220 valence electrons. The van der Waals surface area contributed by atoms with Crippen molar-refractivity contribution in [3.8, 4) is 17.4 Å². The number of pyridine rings is 2. The number of hydrogen-bond acceptors (Lipinski definition) is 6. The number of aryl methyl sites for hydroxylation is 1. The molecule has 1 aromatic carbocycles. The number of aromatic amines is 1. The first kappa shape index (κ1) is 27.8. The summed E-state index contributed by atoms with van der Waals surface area (Å²) in [5, 5.41) is 6.62. The number of amides is 2. The molecule has 9 nitrogen and oxygen atoms in total. The molecule has 0 saturated carbocycles. The number of aromatic nitrogens is 3. The molecule has 0 unspecified atom stereocenters. The number of carbonyl (C=O) groups excluding carboxylic acids is 1. The van der Waals surface area contributed by atoms with E-state index in [0.29, 0.717) is 50.4 Å². The molecule has 3 aromatic heterocycles. The maximum Gasteiger partial charge on any atom is 0.421 e. The number of urea groups is 1. The first-order valence-corrected chi connectivity index (χ1v) is 13.9. The van der Waals surface area contributed by atoms with E-state index in [-0.39, 0.29) is 17.8 Å². The molecule has 0 aliphatic carbocycles. The van der Waals surface area contributed by atoms with Crippen LogP contribution in [0.2, 0.25) is 0 Å². The topological polar surface area (TPSA) is 104 Å². The van der Waals surface area contributed by atoms with Gasteiger partial charge in [-0.3, -0.25) is 0 Å². The standard InChI is InChI=1S/C30H31F3N6O3/c1-17-13-24-26(7-11-35-27(24)37-17)41-22-4-3-19-8-12-39(18(2)23(19)15-22)29(40)38-20-14-25(30(31,32)33)28(36-16-20)42-21-5-9-34-10-6-21/h3-4,7,11,13-16,18,21,34H,5-6,8-10,12H2,1-2H3,(H,35,37)(H,38,40)/t18-/m0/s1. The number of rotatable bonds is 5. The number of halogens is 3. The van der Waals surface area contributed by atoms with Crippen molar-refractivity contribution in [2.24, 2.45) is 0 Å². The molecule has 0 radical (unpaired) electrons. The number of ether oxygens (including phenoxy) is 2. The molecule has 2 amide bonds.